The molecule has 4 aromatic rings. The molecule has 198 valence electrons. The van der Waals surface area contributed by atoms with Crippen LogP contribution < -0.4 is 9.64 Å². The molecule has 3 aromatic carbocycles. The largest absolute Gasteiger partial charge is 0.507 e. The molecule has 0 aliphatic carbocycles. The lowest BCUT2D eigenvalue weighted by Crippen LogP contribution is -2.29. The third kappa shape index (κ3) is 4.29. The van der Waals surface area contributed by atoms with Crippen molar-refractivity contribution in [1.82, 2.24) is 4.98 Å². The zero-order valence-corrected chi connectivity index (χ0v) is 22.8. The van der Waals surface area contributed by atoms with Gasteiger partial charge in [-0.15, -0.1) is 0 Å². The molecule has 2 atom stereocenters. The Labute approximate surface area is 229 Å². The predicted molar refractivity (Wildman–Crippen MR) is 150 cm³/mol. The number of aliphatic hydroxyl groups is 1. The van der Waals surface area contributed by atoms with E-state index in [4.69, 9.17) is 4.74 Å². The second-order valence-corrected chi connectivity index (χ2v) is 12.1. The topological polar surface area (TPSA) is 79.7 Å². The van der Waals surface area contributed by atoms with Crippen molar-refractivity contribution < 1.29 is 23.8 Å². The minimum Gasteiger partial charge on any atom is -0.507 e. The Kier molecular flexibility index (Phi) is 5.84. The molecule has 2 aliphatic rings. The molecule has 2 aliphatic heterocycles. The number of hydrogen-bond donors (Lipinski definition) is 1. The van der Waals surface area contributed by atoms with E-state index in [9.17, 15) is 19.1 Å². The van der Waals surface area contributed by atoms with Gasteiger partial charge in [0.1, 0.15) is 23.4 Å². The number of nitrogens with zero attached hydrogens (tertiary/aromatic N) is 2. The molecule has 0 radical (unpaired) electrons. The predicted octanol–water partition coefficient (Wildman–Crippen LogP) is 6.68. The van der Waals surface area contributed by atoms with Crippen LogP contribution in [0.5, 0.6) is 5.75 Å². The summed E-state index contributed by atoms with van der Waals surface area (Å²) in [5.74, 6) is -1.51. The summed E-state index contributed by atoms with van der Waals surface area (Å²) < 4.78 is 20.2. The lowest BCUT2D eigenvalue weighted by atomic mass is 9.85. The van der Waals surface area contributed by atoms with Crippen molar-refractivity contribution >= 4 is 44.1 Å². The van der Waals surface area contributed by atoms with E-state index in [1.165, 1.54) is 17.0 Å². The molecule has 1 aromatic heterocycles. The van der Waals surface area contributed by atoms with Gasteiger partial charge in [0.15, 0.2) is 5.13 Å². The van der Waals surface area contributed by atoms with Gasteiger partial charge >= 0.3 is 5.91 Å². The van der Waals surface area contributed by atoms with Crippen molar-refractivity contribution in [1.29, 1.82) is 0 Å². The first-order chi connectivity index (χ1) is 18.5. The highest BCUT2D eigenvalue weighted by Gasteiger charge is 2.48. The second kappa shape index (κ2) is 9.02. The number of fused-ring (bicyclic) bond motifs is 2. The van der Waals surface area contributed by atoms with E-state index in [2.05, 4.69) is 25.8 Å². The summed E-state index contributed by atoms with van der Waals surface area (Å²) in [7, 11) is 0. The van der Waals surface area contributed by atoms with E-state index in [1.807, 2.05) is 37.3 Å². The van der Waals surface area contributed by atoms with Gasteiger partial charge in [0.05, 0.1) is 21.8 Å². The average molecular weight is 543 g/mol. The minimum atomic E-state index is -0.909. The zero-order chi connectivity index (χ0) is 27.6. The standard InChI is InChI=1S/C31H27FN2O4S/c1-16-13-19-14-18(7-12-23(19)38-16)27(35)25-26(17-5-8-20(9-6-17)31(2,3)4)34(29(37)28(25)36)30-33-22-11-10-21(32)15-24(22)39-30/h5-12,14-16,26,35H,13H2,1-4H3/b27-25+/t16-,26-/m1/s1. The first-order valence-electron chi connectivity index (χ1n) is 12.8. The van der Waals surface area contributed by atoms with Crippen molar-refractivity contribution in [3.8, 4) is 5.75 Å². The van der Waals surface area contributed by atoms with Crippen LogP contribution in [0.2, 0.25) is 0 Å². The van der Waals surface area contributed by atoms with Gasteiger partial charge < -0.3 is 9.84 Å². The number of aromatic nitrogens is 1. The first kappa shape index (κ1) is 25.2. The van der Waals surface area contributed by atoms with Gasteiger partial charge in [-0.2, -0.15) is 0 Å². The Balaban J connectivity index is 1.53. The molecule has 3 heterocycles. The van der Waals surface area contributed by atoms with Gasteiger partial charge in [0.2, 0.25) is 0 Å². The van der Waals surface area contributed by atoms with Crippen LogP contribution in [-0.4, -0.2) is 27.9 Å². The highest BCUT2D eigenvalue weighted by molar-refractivity contribution is 7.22. The molecule has 1 saturated heterocycles. The summed E-state index contributed by atoms with van der Waals surface area (Å²) >= 11 is 1.13. The van der Waals surface area contributed by atoms with Crippen LogP contribution in [-0.2, 0) is 21.4 Å². The Morgan fingerprint density at radius 3 is 2.54 bits per heavy atom. The molecule has 6 rings (SSSR count). The molecule has 6 nitrogen and oxygen atoms in total. The van der Waals surface area contributed by atoms with Gasteiger partial charge in [-0.25, -0.2) is 9.37 Å². The lowest BCUT2D eigenvalue weighted by molar-refractivity contribution is -0.132. The summed E-state index contributed by atoms with van der Waals surface area (Å²) in [6, 6.07) is 16.3. The van der Waals surface area contributed by atoms with Crippen LogP contribution in [0.15, 0.2) is 66.2 Å². The number of aliphatic hydroxyl groups excluding tert-OH is 1. The van der Waals surface area contributed by atoms with Crippen LogP contribution in [0.4, 0.5) is 9.52 Å². The number of anilines is 1. The Bertz CT molecular complexity index is 1680. The smallest absolute Gasteiger partial charge is 0.301 e. The number of carbonyl (C=O) groups is 2. The summed E-state index contributed by atoms with van der Waals surface area (Å²) in [6.45, 7) is 8.28. The van der Waals surface area contributed by atoms with Gasteiger partial charge in [-0.3, -0.25) is 14.5 Å². The Hall–Kier alpha value is -4.04. The van der Waals surface area contributed by atoms with E-state index in [-0.39, 0.29) is 28.0 Å². The van der Waals surface area contributed by atoms with Crippen LogP contribution >= 0.6 is 11.3 Å². The summed E-state index contributed by atoms with van der Waals surface area (Å²) in [5.41, 5.74) is 3.53. The van der Waals surface area contributed by atoms with Crippen molar-refractivity contribution in [2.45, 2.75) is 51.7 Å². The first-order valence-corrected chi connectivity index (χ1v) is 13.6. The van der Waals surface area contributed by atoms with Crippen LogP contribution in [0.25, 0.3) is 16.0 Å². The van der Waals surface area contributed by atoms with Crippen molar-refractivity contribution in [2.24, 2.45) is 0 Å². The molecular formula is C31H27FN2O4S. The van der Waals surface area contributed by atoms with Crippen molar-refractivity contribution in [3.63, 3.8) is 0 Å². The SMILES string of the molecule is C[C@@H]1Cc2cc(/C(O)=C3\C(=O)C(=O)N(c4nc5ccc(F)cc5s4)[C@@H]3c3ccc(C(C)(C)C)cc3)ccc2O1. The van der Waals surface area contributed by atoms with E-state index in [0.717, 1.165) is 28.2 Å². The van der Waals surface area contributed by atoms with E-state index >= 15 is 0 Å². The van der Waals surface area contributed by atoms with Gasteiger partial charge in [0, 0.05) is 12.0 Å². The molecular weight excluding hydrogens is 515 g/mol. The number of rotatable bonds is 3. The molecule has 0 unspecified atom stereocenters. The Morgan fingerprint density at radius 1 is 1.08 bits per heavy atom. The fourth-order valence-corrected chi connectivity index (χ4v) is 6.24. The maximum absolute atomic E-state index is 13.9. The number of Topliss-reactive ketones (excluding diaryl/α,β-unsaturated/α-hetero) is 1. The van der Waals surface area contributed by atoms with Crippen LogP contribution in [0.1, 0.15) is 56.0 Å². The number of benzene rings is 3. The second-order valence-electron chi connectivity index (χ2n) is 11.1. The molecule has 0 bridgehead atoms. The van der Waals surface area contributed by atoms with Crippen molar-refractivity contribution in [3.05, 3.63) is 94.3 Å². The zero-order valence-electron chi connectivity index (χ0n) is 22.0. The molecule has 0 saturated carbocycles. The fourth-order valence-electron chi connectivity index (χ4n) is 5.22. The number of ether oxygens (including phenoxy) is 1. The molecule has 1 N–H and O–H groups in total. The quantitative estimate of drug-likeness (QED) is 0.177. The van der Waals surface area contributed by atoms with E-state index < -0.39 is 23.5 Å². The number of thiazole rings is 1. The molecule has 0 spiro atoms. The summed E-state index contributed by atoms with van der Waals surface area (Å²) in [5, 5.41) is 11.8. The molecule has 1 fully saturated rings. The number of hydrogen-bond acceptors (Lipinski definition) is 6. The average Bonchev–Trinajstić information content (AvgIpc) is 3.55. The molecule has 1 amide bonds. The monoisotopic (exact) mass is 542 g/mol. The van der Waals surface area contributed by atoms with E-state index in [0.29, 0.717) is 27.8 Å². The highest BCUT2D eigenvalue weighted by atomic mass is 32.1. The lowest BCUT2D eigenvalue weighted by Gasteiger charge is -2.24. The van der Waals surface area contributed by atoms with Gasteiger partial charge in [-0.05, 0) is 65.4 Å². The number of halogens is 1. The minimum absolute atomic E-state index is 0.0131. The molecule has 8 heteroatoms. The van der Waals surface area contributed by atoms with Gasteiger partial charge in [0.25, 0.3) is 5.78 Å². The molecule has 39 heavy (non-hydrogen) atoms. The van der Waals surface area contributed by atoms with Crippen LogP contribution in [0, 0.1) is 5.82 Å². The maximum Gasteiger partial charge on any atom is 0.301 e. The third-order valence-corrected chi connectivity index (χ3v) is 8.27. The Morgan fingerprint density at radius 2 is 1.82 bits per heavy atom. The van der Waals surface area contributed by atoms with Crippen molar-refractivity contribution in [2.75, 3.05) is 4.90 Å². The summed E-state index contributed by atoms with van der Waals surface area (Å²) in [6.07, 6.45) is 0.707. The van der Waals surface area contributed by atoms with E-state index in [1.54, 1.807) is 18.2 Å². The maximum atomic E-state index is 13.9. The number of amides is 1. The highest BCUT2D eigenvalue weighted by Crippen LogP contribution is 2.45. The number of ketones is 1. The fraction of sp³-hybridized carbons (Fsp3) is 0.258. The third-order valence-electron chi connectivity index (χ3n) is 7.25. The van der Waals surface area contributed by atoms with Crippen LogP contribution in [0.3, 0.4) is 0 Å². The van der Waals surface area contributed by atoms with Gasteiger partial charge in [-0.1, -0.05) is 56.4 Å². The normalized spacial score (nSPS) is 20.5. The number of carbonyl (C=O) groups excluding carboxylic acids is 2. The summed E-state index contributed by atoms with van der Waals surface area (Å²) in [4.78, 5) is 33.0.